The molecular formula is C26H20N2O3S3. The fourth-order valence-electron chi connectivity index (χ4n) is 3.94. The molecule has 5 rings (SSSR count). The van der Waals surface area contributed by atoms with E-state index in [0.29, 0.717) is 4.91 Å². The molecule has 5 nitrogen and oxygen atoms in total. The van der Waals surface area contributed by atoms with E-state index >= 15 is 0 Å². The molecule has 170 valence electrons. The van der Waals surface area contributed by atoms with Crippen LogP contribution in [0, 0.1) is 13.8 Å². The van der Waals surface area contributed by atoms with E-state index in [2.05, 4.69) is 55.1 Å². The fourth-order valence-corrected chi connectivity index (χ4v) is 6.39. The van der Waals surface area contributed by atoms with Gasteiger partial charge in [-0.05, 0) is 73.0 Å². The number of aryl methyl sites for hydroxylation is 2. The summed E-state index contributed by atoms with van der Waals surface area (Å²) >= 11 is 8.06. The molecule has 1 fully saturated rings. The second-order valence-corrected chi connectivity index (χ2v) is 10.8. The number of rotatable bonds is 4. The van der Waals surface area contributed by atoms with Crippen molar-refractivity contribution in [3.8, 4) is 0 Å². The SMILES string of the molecule is Cc1cc2c(cc1C)N(c1ccccc1)c1ccc(/C=C3\SC(=S)N(CC(=O)O)C3=O)cc1S2. The first-order valence-electron chi connectivity index (χ1n) is 10.6. The monoisotopic (exact) mass is 504 g/mol. The molecule has 0 atom stereocenters. The summed E-state index contributed by atoms with van der Waals surface area (Å²) in [5, 5.41) is 9.06. The van der Waals surface area contributed by atoms with Crippen molar-refractivity contribution in [1.82, 2.24) is 4.90 Å². The number of anilines is 3. The maximum atomic E-state index is 12.7. The van der Waals surface area contributed by atoms with Crippen LogP contribution >= 0.6 is 35.7 Å². The predicted molar refractivity (Wildman–Crippen MR) is 142 cm³/mol. The van der Waals surface area contributed by atoms with Gasteiger partial charge < -0.3 is 10.0 Å². The van der Waals surface area contributed by atoms with E-state index in [-0.39, 0.29) is 10.2 Å². The minimum Gasteiger partial charge on any atom is -0.480 e. The summed E-state index contributed by atoms with van der Waals surface area (Å²) in [5.41, 5.74) is 6.64. The van der Waals surface area contributed by atoms with Gasteiger partial charge in [-0.2, -0.15) is 0 Å². The number of nitrogens with zero attached hydrogens (tertiary/aromatic N) is 2. The lowest BCUT2D eigenvalue weighted by Gasteiger charge is -2.33. The van der Waals surface area contributed by atoms with E-state index in [1.807, 2.05) is 24.3 Å². The highest BCUT2D eigenvalue weighted by molar-refractivity contribution is 8.26. The van der Waals surface area contributed by atoms with Gasteiger partial charge in [0.15, 0.2) is 0 Å². The number of carbonyl (C=O) groups excluding carboxylic acids is 1. The van der Waals surface area contributed by atoms with Crippen molar-refractivity contribution >= 4 is 75.1 Å². The van der Waals surface area contributed by atoms with E-state index < -0.39 is 12.5 Å². The van der Waals surface area contributed by atoms with Gasteiger partial charge in [0.25, 0.3) is 5.91 Å². The van der Waals surface area contributed by atoms with Crippen LogP contribution in [0.1, 0.15) is 16.7 Å². The van der Waals surface area contributed by atoms with E-state index in [1.54, 1.807) is 17.8 Å². The Bertz CT molecular complexity index is 1390. The highest BCUT2D eigenvalue weighted by atomic mass is 32.2. The van der Waals surface area contributed by atoms with Crippen LogP contribution < -0.4 is 4.90 Å². The molecule has 2 heterocycles. The summed E-state index contributed by atoms with van der Waals surface area (Å²) in [6, 6.07) is 20.8. The molecule has 0 unspecified atom stereocenters. The van der Waals surface area contributed by atoms with E-state index in [0.717, 1.165) is 44.2 Å². The van der Waals surface area contributed by atoms with E-state index in [1.165, 1.54) is 16.0 Å². The zero-order valence-corrected chi connectivity index (χ0v) is 20.9. The van der Waals surface area contributed by atoms with Crippen molar-refractivity contribution in [2.24, 2.45) is 0 Å². The number of hydrogen-bond acceptors (Lipinski definition) is 6. The van der Waals surface area contributed by atoms with Crippen LogP contribution in [0.15, 0.2) is 75.4 Å². The third kappa shape index (κ3) is 4.13. The van der Waals surface area contributed by atoms with Crippen LogP contribution in [0.4, 0.5) is 17.1 Å². The highest BCUT2D eigenvalue weighted by Gasteiger charge is 2.33. The van der Waals surface area contributed by atoms with Gasteiger partial charge in [-0.1, -0.05) is 60.0 Å². The first-order chi connectivity index (χ1) is 16.3. The summed E-state index contributed by atoms with van der Waals surface area (Å²) in [4.78, 5) is 29.8. The number of thioether (sulfide) groups is 1. The Hall–Kier alpha value is -3.07. The normalized spacial score (nSPS) is 16.1. The van der Waals surface area contributed by atoms with Gasteiger partial charge in [0.05, 0.1) is 16.3 Å². The van der Waals surface area contributed by atoms with Crippen molar-refractivity contribution in [2.75, 3.05) is 11.4 Å². The number of thiocarbonyl (C=S) groups is 1. The van der Waals surface area contributed by atoms with Crippen molar-refractivity contribution in [2.45, 2.75) is 23.6 Å². The quantitative estimate of drug-likeness (QED) is 0.251. The molecule has 3 aromatic carbocycles. The Balaban J connectivity index is 1.56. The van der Waals surface area contributed by atoms with Crippen molar-refractivity contribution in [3.63, 3.8) is 0 Å². The molecule has 0 aliphatic carbocycles. The van der Waals surface area contributed by atoms with Gasteiger partial charge in [0, 0.05) is 15.5 Å². The lowest BCUT2D eigenvalue weighted by molar-refractivity contribution is -0.140. The smallest absolute Gasteiger partial charge is 0.323 e. The zero-order chi connectivity index (χ0) is 24.0. The lowest BCUT2D eigenvalue weighted by atomic mass is 10.1. The second kappa shape index (κ2) is 8.94. The number of carboxylic acid groups (broad SMARTS) is 1. The van der Waals surface area contributed by atoms with Gasteiger partial charge in [-0.3, -0.25) is 14.5 Å². The number of para-hydroxylation sites is 1. The Kier molecular flexibility index (Phi) is 5.97. The van der Waals surface area contributed by atoms with Crippen molar-refractivity contribution in [3.05, 3.63) is 82.3 Å². The number of hydrogen-bond donors (Lipinski definition) is 1. The minimum atomic E-state index is -1.09. The predicted octanol–water partition coefficient (Wildman–Crippen LogP) is 6.52. The molecule has 34 heavy (non-hydrogen) atoms. The maximum Gasteiger partial charge on any atom is 0.323 e. The Labute approximate surface area is 211 Å². The molecule has 2 aliphatic rings. The van der Waals surface area contributed by atoms with Crippen LogP contribution in [-0.4, -0.2) is 32.7 Å². The molecule has 0 bridgehead atoms. The molecule has 1 N–H and O–H groups in total. The number of aliphatic carboxylic acids is 1. The summed E-state index contributed by atoms with van der Waals surface area (Å²) in [5.74, 6) is -1.46. The number of amides is 1. The molecule has 8 heteroatoms. The van der Waals surface area contributed by atoms with Crippen molar-refractivity contribution in [1.29, 1.82) is 0 Å². The lowest BCUT2D eigenvalue weighted by Crippen LogP contribution is -2.33. The Morgan fingerprint density at radius 1 is 0.971 bits per heavy atom. The van der Waals surface area contributed by atoms with Crippen LogP contribution in [-0.2, 0) is 9.59 Å². The topological polar surface area (TPSA) is 60.9 Å². The maximum absolute atomic E-state index is 12.7. The standard InChI is InChI=1S/C26H20N2O3S3/c1-15-10-20-21(11-16(15)2)33-22-12-17(8-9-19(22)28(20)18-6-4-3-5-7-18)13-23-25(31)27(14-24(29)30)26(32)34-23/h3-13H,14H2,1-2H3,(H,29,30)/b23-13-. The first-order valence-corrected chi connectivity index (χ1v) is 12.6. The number of carbonyl (C=O) groups is 2. The van der Waals surface area contributed by atoms with Crippen LogP contribution in [0.5, 0.6) is 0 Å². The van der Waals surface area contributed by atoms with Crippen LogP contribution in [0.25, 0.3) is 6.08 Å². The fraction of sp³-hybridized carbons (Fsp3) is 0.115. The molecule has 2 aliphatic heterocycles. The Morgan fingerprint density at radius 2 is 1.68 bits per heavy atom. The molecule has 1 amide bonds. The van der Waals surface area contributed by atoms with Crippen LogP contribution in [0.2, 0.25) is 0 Å². The number of benzene rings is 3. The van der Waals surface area contributed by atoms with E-state index in [9.17, 15) is 9.59 Å². The van der Waals surface area contributed by atoms with Gasteiger partial charge in [-0.25, -0.2) is 0 Å². The molecule has 3 aromatic rings. The second-order valence-electron chi connectivity index (χ2n) is 8.07. The van der Waals surface area contributed by atoms with E-state index in [4.69, 9.17) is 17.3 Å². The van der Waals surface area contributed by atoms with Crippen molar-refractivity contribution < 1.29 is 14.7 Å². The first kappa shape index (κ1) is 22.7. The molecule has 0 saturated carbocycles. The average molecular weight is 505 g/mol. The summed E-state index contributed by atoms with van der Waals surface area (Å²) in [6.45, 7) is 3.82. The molecule has 0 radical (unpaired) electrons. The summed E-state index contributed by atoms with van der Waals surface area (Å²) in [6.07, 6.45) is 1.78. The zero-order valence-electron chi connectivity index (χ0n) is 18.4. The molecular weight excluding hydrogens is 484 g/mol. The molecule has 1 saturated heterocycles. The summed E-state index contributed by atoms with van der Waals surface area (Å²) in [7, 11) is 0. The average Bonchev–Trinajstić information content (AvgIpc) is 3.06. The number of carboxylic acids is 1. The van der Waals surface area contributed by atoms with Gasteiger partial charge in [-0.15, -0.1) is 0 Å². The number of fused-ring (bicyclic) bond motifs is 2. The molecule has 0 spiro atoms. The largest absolute Gasteiger partial charge is 0.480 e. The highest BCUT2D eigenvalue weighted by Crippen LogP contribution is 2.52. The van der Waals surface area contributed by atoms with Gasteiger partial charge in [0.1, 0.15) is 10.9 Å². The summed E-state index contributed by atoms with van der Waals surface area (Å²) < 4.78 is 0.265. The third-order valence-corrected chi connectivity index (χ3v) is 8.21. The third-order valence-electron chi connectivity index (χ3n) is 5.74. The Morgan fingerprint density at radius 3 is 2.41 bits per heavy atom. The van der Waals surface area contributed by atoms with Gasteiger partial charge >= 0.3 is 5.97 Å². The molecule has 0 aromatic heterocycles. The van der Waals surface area contributed by atoms with Crippen LogP contribution in [0.3, 0.4) is 0 Å². The minimum absolute atomic E-state index is 0.265. The van der Waals surface area contributed by atoms with Gasteiger partial charge in [0.2, 0.25) is 0 Å².